The SMILES string of the molecule is CCCCCC(O)=CC(=O)CC(C)C. The van der Waals surface area contributed by atoms with Crippen LogP contribution in [0.5, 0.6) is 0 Å². The van der Waals surface area contributed by atoms with Gasteiger partial charge in [-0.05, 0) is 12.3 Å². The highest BCUT2D eigenvalue weighted by Crippen LogP contribution is 2.08. The van der Waals surface area contributed by atoms with Crippen molar-refractivity contribution in [2.75, 3.05) is 0 Å². The third-order valence-electron chi connectivity index (χ3n) is 1.97. The molecule has 0 aromatic heterocycles. The van der Waals surface area contributed by atoms with Gasteiger partial charge >= 0.3 is 0 Å². The van der Waals surface area contributed by atoms with Crippen LogP contribution in [0.25, 0.3) is 0 Å². The average Bonchev–Trinajstić information content (AvgIpc) is 2.02. The average molecular weight is 198 g/mol. The van der Waals surface area contributed by atoms with Gasteiger partial charge in [0.15, 0.2) is 5.78 Å². The van der Waals surface area contributed by atoms with Crippen LogP contribution < -0.4 is 0 Å². The molecule has 0 aromatic rings. The van der Waals surface area contributed by atoms with Crippen LogP contribution in [0.15, 0.2) is 11.8 Å². The summed E-state index contributed by atoms with van der Waals surface area (Å²) in [6, 6.07) is 0. The third kappa shape index (κ3) is 7.84. The van der Waals surface area contributed by atoms with Crippen molar-refractivity contribution in [3.05, 3.63) is 11.8 Å². The van der Waals surface area contributed by atoms with E-state index in [9.17, 15) is 9.90 Å². The fourth-order valence-corrected chi connectivity index (χ4v) is 1.28. The molecule has 0 spiro atoms. The Morgan fingerprint density at radius 1 is 1.36 bits per heavy atom. The smallest absolute Gasteiger partial charge is 0.159 e. The summed E-state index contributed by atoms with van der Waals surface area (Å²) < 4.78 is 0. The number of carbonyl (C=O) groups is 1. The van der Waals surface area contributed by atoms with Crippen molar-refractivity contribution < 1.29 is 9.90 Å². The highest BCUT2D eigenvalue weighted by atomic mass is 16.3. The van der Waals surface area contributed by atoms with Gasteiger partial charge in [-0.15, -0.1) is 0 Å². The Balaban J connectivity index is 3.78. The number of carbonyl (C=O) groups excluding carboxylic acids is 1. The molecule has 2 heteroatoms. The van der Waals surface area contributed by atoms with Gasteiger partial charge in [-0.2, -0.15) is 0 Å². The van der Waals surface area contributed by atoms with Gasteiger partial charge in [-0.25, -0.2) is 0 Å². The van der Waals surface area contributed by atoms with Gasteiger partial charge in [-0.3, -0.25) is 4.79 Å². The fourth-order valence-electron chi connectivity index (χ4n) is 1.28. The molecule has 0 saturated carbocycles. The first kappa shape index (κ1) is 13.2. The van der Waals surface area contributed by atoms with Crippen LogP contribution in [-0.2, 0) is 4.79 Å². The summed E-state index contributed by atoms with van der Waals surface area (Å²) in [7, 11) is 0. The number of allylic oxidation sites excluding steroid dienone is 2. The van der Waals surface area contributed by atoms with E-state index in [0.717, 1.165) is 19.3 Å². The first-order valence-corrected chi connectivity index (χ1v) is 5.48. The highest BCUT2D eigenvalue weighted by Gasteiger charge is 2.03. The van der Waals surface area contributed by atoms with E-state index in [4.69, 9.17) is 0 Å². The summed E-state index contributed by atoms with van der Waals surface area (Å²) in [5.74, 6) is 0.639. The lowest BCUT2D eigenvalue weighted by Gasteiger charge is -2.01. The minimum Gasteiger partial charge on any atom is -0.512 e. The zero-order valence-electron chi connectivity index (χ0n) is 9.55. The van der Waals surface area contributed by atoms with Crippen LogP contribution in [0.3, 0.4) is 0 Å². The molecular formula is C12H22O2. The molecule has 0 amide bonds. The van der Waals surface area contributed by atoms with Crippen molar-refractivity contribution >= 4 is 5.78 Å². The predicted molar refractivity (Wildman–Crippen MR) is 59.3 cm³/mol. The Labute approximate surface area is 87.0 Å². The normalized spacial score (nSPS) is 12.1. The Morgan fingerprint density at radius 3 is 2.50 bits per heavy atom. The Hall–Kier alpha value is -0.790. The van der Waals surface area contributed by atoms with E-state index in [-0.39, 0.29) is 11.5 Å². The molecule has 0 heterocycles. The van der Waals surface area contributed by atoms with Gasteiger partial charge in [0.1, 0.15) is 0 Å². The zero-order chi connectivity index (χ0) is 11.0. The van der Waals surface area contributed by atoms with Crippen LogP contribution in [-0.4, -0.2) is 10.9 Å². The van der Waals surface area contributed by atoms with E-state index in [1.165, 1.54) is 6.08 Å². The van der Waals surface area contributed by atoms with Crippen LogP contribution in [0.4, 0.5) is 0 Å². The molecule has 0 atom stereocenters. The molecule has 0 saturated heterocycles. The monoisotopic (exact) mass is 198 g/mol. The molecule has 0 bridgehead atoms. The van der Waals surface area contributed by atoms with Crippen LogP contribution >= 0.6 is 0 Å². The summed E-state index contributed by atoms with van der Waals surface area (Å²) in [5.41, 5.74) is 0. The second-order valence-electron chi connectivity index (χ2n) is 4.16. The first-order chi connectivity index (χ1) is 6.56. The van der Waals surface area contributed by atoms with E-state index < -0.39 is 0 Å². The van der Waals surface area contributed by atoms with Gasteiger partial charge in [0.05, 0.1) is 5.76 Å². The predicted octanol–water partition coefficient (Wildman–Crippen LogP) is 3.62. The van der Waals surface area contributed by atoms with Crippen molar-refractivity contribution in [3.63, 3.8) is 0 Å². The molecule has 0 aromatic carbocycles. The lowest BCUT2D eigenvalue weighted by molar-refractivity contribution is -0.115. The van der Waals surface area contributed by atoms with E-state index in [1.807, 2.05) is 13.8 Å². The first-order valence-electron chi connectivity index (χ1n) is 5.48. The zero-order valence-corrected chi connectivity index (χ0v) is 9.55. The summed E-state index contributed by atoms with van der Waals surface area (Å²) in [6.45, 7) is 6.12. The number of ketones is 1. The molecule has 0 aliphatic rings. The Morgan fingerprint density at radius 2 is 2.00 bits per heavy atom. The maximum absolute atomic E-state index is 11.3. The van der Waals surface area contributed by atoms with E-state index in [1.54, 1.807) is 0 Å². The van der Waals surface area contributed by atoms with Gasteiger partial charge in [0.2, 0.25) is 0 Å². The van der Waals surface area contributed by atoms with Gasteiger partial charge in [0.25, 0.3) is 0 Å². The van der Waals surface area contributed by atoms with Gasteiger partial charge in [-0.1, -0.05) is 33.6 Å². The number of rotatable bonds is 7. The summed E-state index contributed by atoms with van der Waals surface area (Å²) >= 11 is 0. The number of hydrogen-bond donors (Lipinski definition) is 1. The van der Waals surface area contributed by atoms with Crippen molar-refractivity contribution in [1.29, 1.82) is 0 Å². The molecule has 1 N–H and O–H groups in total. The second-order valence-corrected chi connectivity index (χ2v) is 4.16. The summed E-state index contributed by atoms with van der Waals surface area (Å²) in [6.07, 6.45) is 5.75. The molecule has 0 aliphatic carbocycles. The molecule has 0 aliphatic heterocycles. The van der Waals surface area contributed by atoms with Crippen LogP contribution in [0.1, 0.15) is 52.9 Å². The number of aliphatic hydroxyl groups excluding tert-OH is 1. The highest BCUT2D eigenvalue weighted by molar-refractivity contribution is 5.90. The molecule has 2 nitrogen and oxygen atoms in total. The third-order valence-corrected chi connectivity index (χ3v) is 1.97. The lowest BCUT2D eigenvalue weighted by atomic mass is 10.1. The number of unbranched alkanes of at least 4 members (excludes halogenated alkanes) is 2. The van der Waals surface area contributed by atoms with Crippen molar-refractivity contribution in [2.24, 2.45) is 5.92 Å². The maximum atomic E-state index is 11.3. The standard InChI is InChI=1S/C12H22O2/c1-4-5-6-7-11(13)9-12(14)8-10(2)3/h9-10,13H,4-8H2,1-3H3. The largest absolute Gasteiger partial charge is 0.512 e. The fraction of sp³-hybridized carbons (Fsp3) is 0.750. The van der Waals surface area contributed by atoms with Gasteiger partial charge in [0, 0.05) is 18.9 Å². The summed E-state index contributed by atoms with van der Waals surface area (Å²) in [5, 5.41) is 9.40. The summed E-state index contributed by atoms with van der Waals surface area (Å²) in [4.78, 5) is 11.3. The molecule has 14 heavy (non-hydrogen) atoms. The molecule has 0 fully saturated rings. The van der Waals surface area contributed by atoms with E-state index >= 15 is 0 Å². The van der Waals surface area contributed by atoms with Crippen molar-refractivity contribution in [3.8, 4) is 0 Å². The van der Waals surface area contributed by atoms with Crippen LogP contribution in [0, 0.1) is 5.92 Å². The quantitative estimate of drug-likeness (QED) is 0.385. The Kier molecular flexibility index (Phi) is 7.17. The van der Waals surface area contributed by atoms with Crippen molar-refractivity contribution in [2.45, 2.75) is 52.9 Å². The molecule has 82 valence electrons. The van der Waals surface area contributed by atoms with Crippen LogP contribution in [0.2, 0.25) is 0 Å². The van der Waals surface area contributed by atoms with Gasteiger partial charge < -0.3 is 5.11 Å². The van der Waals surface area contributed by atoms with Crippen molar-refractivity contribution in [1.82, 2.24) is 0 Å². The number of hydrogen-bond acceptors (Lipinski definition) is 2. The molecule has 0 rings (SSSR count). The van der Waals surface area contributed by atoms with E-state index in [0.29, 0.717) is 18.8 Å². The van der Waals surface area contributed by atoms with E-state index in [2.05, 4.69) is 6.92 Å². The minimum atomic E-state index is 0.0361. The molecular weight excluding hydrogens is 176 g/mol. The molecule has 0 radical (unpaired) electrons. The minimum absolute atomic E-state index is 0.0361. The topological polar surface area (TPSA) is 37.3 Å². The molecule has 0 unspecified atom stereocenters. The maximum Gasteiger partial charge on any atom is 0.159 e. The second kappa shape index (κ2) is 7.60. The number of aliphatic hydroxyl groups is 1. The Bertz CT molecular complexity index is 192. The lowest BCUT2D eigenvalue weighted by Crippen LogP contribution is -2.00.